The Labute approximate surface area is 142 Å². The lowest BCUT2D eigenvalue weighted by Crippen LogP contribution is -2.58. The molecule has 0 aliphatic heterocycles. The van der Waals surface area contributed by atoms with Crippen molar-refractivity contribution in [2.24, 2.45) is 34.5 Å². The van der Waals surface area contributed by atoms with Gasteiger partial charge in [0.25, 0.3) is 0 Å². The first-order chi connectivity index (χ1) is 10.8. The minimum Gasteiger partial charge on any atom is -0.390 e. The van der Waals surface area contributed by atoms with E-state index in [1.807, 2.05) is 0 Å². The highest BCUT2D eigenvalue weighted by Crippen LogP contribution is 2.70. The molecule has 4 rings (SSSR count). The Morgan fingerprint density at radius 1 is 1.17 bits per heavy atom. The molecule has 4 aliphatic rings. The van der Waals surface area contributed by atoms with Crippen LogP contribution < -0.4 is 0 Å². The Hall–Kier alpha value is -0.300. The van der Waals surface area contributed by atoms with Crippen molar-refractivity contribution in [2.45, 2.75) is 91.1 Å². The molecule has 1 heteroatoms. The van der Waals surface area contributed by atoms with E-state index in [9.17, 15) is 5.11 Å². The molecule has 0 aromatic rings. The van der Waals surface area contributed by atoms with Crippen molar-refractivity contribution < 1.29 is 5.11 Å². The number of rotatable bonds is 1. The first-order valence-corrected chi connectivity index (χ1v) is 10.2. The average Bonchev–Trinajstić information content (AvgIpc) is 2.77. The maximum absolute atomic E-state index is 11.3. The van der Waals surface area contributed by atoms with Gasteiger partial charge in [0.1, 0.15) is 0 Å². The minimum absolute atomic E-state index is 0.174. The second-order valence-corrected chi connectivity index (χ2v) is 10.1. The number of hydrogen-bond donors (Lipinski definition) is 1. The summed E-state index contributed by atoms with van der Waals surface area (Å²) >= 11 is 0. The number of hydrogen-bond acceptors (Lipinski definition) is 1. The molecule has 0 saturated heterocycles. The van der Waals surface area contributed by atoms with E-state index < -0.39 is 5.60 Å². The van der Waals surface area contributed by atoms with Crippen LogP contribution in [-0.4, -0.2) is 10.7 Å². The molecule has 6 atom stereocenters. The average molecular weight is 317 g/mol. The van der Waals surface area contributed by atoms with Crippen LogP contribution in [0.3, 0.4) is 0 Å². The monoisotopic (exact) mass is 316 g/mol. The van der Waals surface area contributed by atoms with E-state index in [0.29, 0.717) is 5.41 Å². The fourth-order valence-corrected chi connectivity index (χ4v) is 8.05. The highest BCUT2D eigenvalue weighted by Gasteiger charge is 2.65. The van der Waals surface area contributed by atoms with Crippen molar-refractivity contribution in [3.05, 3.63) is 11.6 Å². The largest absolute Gasteiger partial charge is 0.390 e. The van der Waals surface area contributed by atoms with E-state index in [4.69, 9.17) is 0 Å². The molecule has 5 unspecified atom stereocenters. The number of fused-ring (bicyclic) bond motifs is 5. The summed E-state index contributed by atoms with van der Waals surface area (Å²) in [6.07, 6.45) is 14.2. The lowest BCUT2D eigenvalue weighted by atomic mass is 9.43. The zero-order chi connectivity index (χ0) is 16.5. The summed E-state index contributed by atoms with van der Waals surface area (Å²) in [5.74, 6) is 3.34. The Kier molecular flexibility index (Phi) is 3.59. The lowest BCUT2D eigenvalue weighted by Gasteiger charge is -2.62. The van der Waals surface area contributed by atoms with Gasteiger partial charge < -0.3 is 5.11 Å². The molecule has 3 fully saturated rings. The molecule has 1 N–H and O–H groups in total. The van der Waals surface area contributed by atoms with Crippen LogP contribution in [0.1, 0.15) is 85.5 Å². The normalized spacial score (nSPS) is 51.4. The molecule has 130 valence electrons. The van der Waals surface area contributed by atoms with Gasteiger partial charge in [0.05, 0.1) is 5.60 Å². The Morgan fingerprint density at radius 3 is 2.70 bits per heavy atom. The Bertz CT molecular complexity index is 514. The van der Waals surface area contributed by atoms with E-state index >= 15 is 0 Å². The fraction of sp³-hybridized carbons (Fsp3) is 0.909. The summed E-state index contributed by atoms with van der Waals surface area (Å²) in [6.45, 7) is 9.56. The predicted octanol–water partition coefficient (Wildman–Crippen LogP) is 5.73. The maximum Gasteiger partial charge on any atom is 0.0678 e. The summed E-state index contributed by atoms with van der Waals surface area (Å²) < 4.78 is 0. The molecular formula is C22H36O. The van der Waals surface area contributed by atoms with Gasteiger partial charge in [-0.3, -0.25) is 0 Å². The molecule has 0 bridgehead atoms. The molecule has 0 heterocycles. The highest BCUT2D eigenvalue weighted by molar-refractivity contribution is 5.22. The van der Waals surface area contributed by atoms with Crippen molar-refractivity contribution in [2.75, 3.05) is 0 Å². The van der Waals surface area contributed by atoms with Gasteiger partial charge in [-0.1, -0.05) is 32.4 Å². The van der Waals surface area contributed by atoms with Crippen LogP contribution in [-0.2, 0) is 0 Å². The van der Waals surface area contributed by atoms with Gasteiger partial charge in [0.2, 0.25) is 0 Å². The quantitative estimate of drug-likeness (QED) is 0.613. The Balaban J connectivity index is 1.77. The summed E-state index contributed by atoms with van der Waals surface area (Å²) in [5.41, 5.74) is 1.90. The topological polar surface area (TPSA) is 20.2 Å². The van der Waals surface area contributed by atoms with Crippen LogP contribution in [0, 0.1) is 34.5 Å². The van der Waals surface area contributed by atoms with Crippen LogP contribution in [0.15, 0.2) is 11.6 Å². The van der Waals surface area contributed by atoms with Crippen molar-refractivity contribution >= 4 is 0 Å². The third-order valence-corrected chi connectivity index (χ3v) is 8.81. The van der Waals surface area contributed by atoms with Crippen molar-refractivity contribution in [3.63, 3.8) is 0 Å². The van der Waals surface area contributed by atoms with Crippen LogP contribution in [0.2, 0.25) is 0 Å². The van der Waals surface area contributed by atoms with E-state index in [2.05, 4.69) is 33.8 Å². The molecule has 0 aromatic carbocycles. The van der Waals surface area contributed by atoms with Gasteiger partial charge in [-0.15, -0.1) is 0 Å². The summed E-state index contributed by atoms with van der Waals surface area (Å²) in [5, 5.41) is 11.3. The van der Waals surface area contributed by atoms with Gasteiger partial charge in [0.15, 0.2) is 0 Å². The predicted molar refractivity (Wildman–Crippen MR) is 96.1 cm³/mol. The second kappa shape index (κ2) is 5.10. The van der Waals surface area contributed by atoms with E-state index in [0.717, 1.165) is 36.5 Å². The first-order valence-electron chi connectivity index (χ1n) is 10.2. The fourth-order valence-electron chi connectivity index (χ4n) is 8.05. The molecule has 0 aromatic heterocycles. The molecular weight excluding hydrogens is 280 g/mol. The van der Waals surface area contributed by atoms with Gasteiger partial charge >= 0.3 is 0 Å². The van der Waals surface area contributed by atoms with Crippen LogP contribution in [0.4, 0.5) is 0 Å². The smallest absolute Gasteiger partial charge is 0.0678 e. The molecule has 3 saturated carbocycles. The van der Waals surface area contributed by atoms with Crippen LogP contribution >= 0.6 is 0 Å². The van der Waals surface area contributed by atoms with E-state index in [1.54, 1.807) is 5.57 Å². The molecule has 23 heavy (non-hydrogen) atoms. The minimum atomic E-state index is -0.447. The second-order valence-electron chi connectivity index (χ2n) is 10.1. The van der Waals surface area contributed by atoms with Crippen LogP contribution in [0.5, 0.6) is 0 Å². The molecule has 1 nitrogen and oxygen atoms in total. The highest BCUT2D eigenvalue weighted by atomic mass is 16.3. The number of aliphatic hydroxyl groups is 1. The van der Waals surface area contributed by atoms with E-state index in [-0.39, 0.29) is 5.41 Å². The summed E-state index contributed by atoms with van der Waals surface area (Å²) in [7, 11) is 0. The third kappa shape index (κ3) is 2.08. The summed E-state index contributed by atoms with van der Waals surface area (Å²) in [6, 6.07) is 0. The third-order valence-electron chi connectivity index (χ3n) is 8.81. The van der Waals surface area contributed by atoms with Crippen molar-refractivity contribution in [3.8, 4) is 0 Å². The SMILES string of the molecule is CCC12CC(C)(C)C3C4CCCC=C4CCC3C1CC[C@]2(C)O. The molecule has 4 aliphatic carbocycles. The Morgan fingerprint density at radius 2 is 1.96 bits per heavy atom. The molecule has 0 spiro atoms. The first kappa shape index (κ1) is 16.2. The zero-order valence-electron chi connectivity index (χ0n) is 15.7. The van der Waals surface area contributed by atoms with Gasteiger partial charge in [-0.25, -0.2) is 0 Å². The van der Waals surface area contributed by atoms with Gasteiger partial charge in [-0.2, -0.15) is 0 Å². The standard InChI is InChI=1S/C22H36O/c1-5-22-14-20(2,3)19-16-9-7-6-8-15(16)10-11-17(19)18(22)12-13-21(22,4)23/h8,16-19,23H,5-7,9-14H2,1-4H3/t16?,17?,18?,19?,21-,22?/m0/s1. The van der Waals surface area contributed by atoms with Gasteiger partial charge in [0, 0.05) is 5.41 Å². The van der Waals surface area contributed by atoms with Crippen molar-refractivity contribution in [1.82, 2.24) is 0 Å². The van der Waals surface area contributed by atoms with E-state index in [1.165, 1.54) is 44.9 Å². The van der Waals surface area contributed by atoms with Crippen LogP contribution in [0.25, 0.3) is 0 Å². The molecule has 0 amide bonds. The van der Waals surface area contributed by atoms with Crippen molar-refractivity contribution in [1.29, 1.82) is 0 Å². The summed E-state index contributed by atoms with van der Waals surface area (Å²) in [4.78, 5) is 0. The lowest BCUT2D eigenvalue weighted by molar-refractivity contribution is -0.164. The molecule has 0 radical (unpaired) electrons. The maximum atomic E-state index is 11.3. The number of allylic oxidation sites excluding steroid dienone is 2. The van der Waals surface area contributed by atoms with Gasteiger partial charge in [-0.05, 0) is 93.8 Å². The zero-order valence-corrected chi connectivity index (χ0v) is 15.7.